The Hall–Kier alpha value is -1.70. The quantitative estimate of drug-likeness (QED) is 0.629. The third-order valence-corrected chi connectivity index (χ3v) is 6.28. The Kier molecular flexibility index (Phi) is 5.03. The standard InChI is InChI=1S/C17H15BrN2O2S2/c1-2-20-16(13-8-10-14(18)11-9-13)12-23-17(20)19-24(21,22)15-6-4-3-5-7-15/h3-12H,2H2,1H3/b19-17+. The van der Waals surface area contributed by atoms with Crippen molar-refractivity contribution in [2.24, 2.45) is 4.40 Å². The number of benzene rings is 2. The molecule has 0 N–H and O–H groups in total. The molecule has 24 heavy (non-hydrogen) atoms. The summed E-state index contributed by atoms with van der Waals surface area (Å²) in [5.41, 5.74) is 1.98. The summed E-state index contributed by atoms with van der Waals surface area (Å²) in [5.74, 6) is 0. The molecule has 1 heterocycles. The Labute approximate surface area is 153 Å². The third-order valence-electron chi connectivity index (χ3n) is 3.49. The molecule has 0 unspecified atom stereocenters. The molecule has 0 aliphatic carbocycles. The van der Waals surface area contributed by atoms with Crippen molar-refractivity contribution < 1.29 is 8.42 Å². The molecule has 0 bridgehead atoms. The molecule has 2 aromatic carbocycles. The van der Waals surface area contributed by atoms with Crippen LogP contribution in [0.1, 0.15) is 6.92 Å². The van der Waals surface area contributed by atoms with E-state index in [2.05, 4.69) is 20.3 Å². The largest absolute Gasteiger partial charge is 0.316 e. The Morgan fingerprint density at radius 1 is 1.08 bits per heavy atom. The molecule has 0 aliphatic heterocycles. The molecular weight excluding hydrogens is 408 g/mol. The Morgan fingerprint density at radius 3 is 2.38 bits per heavy atom. The summed E-state index contributed by atoms with van der Waals surface area (Å²) < 4.78 is 31.9. The lowest BCUT2D eigenvalue weighted by molar-refractivity contribution is 0.595. The molecule has 3 rings (SSSR count). The van der Waals surface area contributed by atoms with E-state index in [-0.39, 0.29) is 4.90 Å². The van der Waals surface area contributed by atoms with Crippen LogP contribution in [-0.2, 0) is 16.6 Å². The van der Waals surface area contributed by atoms with Crippen molar-refractivity contribution in [1.29, 1.82) is 0 Å². The minimum Gasteiger partial charge on any atom is -0.316 e. The van der Waals surface area contributed by atoms with E-state index in [0.29, 0.717) is 11.3 Å². The predicted molar refractivity (Wildman–Crippen MR) is 100 cm³/mol. The number of thiazole rings is 1. The van der Waals surface area contributed by atoms with Gasteiger partial charge in [0.25, 0.3) is 10.0 Å². The van der Waals surface area contributed by atoms with Gasteiger partial charge in [-0.1, -0.05) is 46.3 Å². The van der Waals surface area contributed by atoms with Crippen molar-refractivity contribution in [2.45, 2.75) is 18.4 Å². The van der Waals surface area contributed by atoms with Gasteiger partial charge in [-0.2, -0.15) is 8.42 Å². The zero-order valence-electron chi connectivity index (χ0n) is 12.9. The van der Waals surface area contributed by atoms with Crippen LogP contribution in [0.2, 0.25) is 0 Å². The average Bonchev–Trinajstić information content (AvgIpc) is 2.98. The van der Waals surface area contributed by atoms with Gasteiger partial charge in [0.2, 0.25) is 4.80 Å². The maximum atomic E-state index is 12.5. The van der Waals surface area contributed by atoms with Crippen LogP contribution in [-0.4, -0.2) is 13.0 Å². The lowest BCUT2D eigenvalue weighted by Crippen LogP contribution is -2.17. The van der Waals surface area contributed by atoms with Crippen molar-refractivity contribution in [2.75, 3.05) is 0 Å². The number of hydrogen-bond donors (Lipinski definition) is 0. The number of nitrogens with zero attached hydrogens (tertiary/aromatic N) is 2. The first-order valence-corrected chi connectivity index (χ1v) is 10.4. The number of rotatable bonds is 4. The fraction of sp³-hybridized carbons (Fsp3) is 0.118. The maximum Gasteiger partial charge on any atom is 0.285 e. The average molecular weight is 423 g/mol. The topological polar surface area (TPSA) is 51.4 Å². The normalized spacial score (nSPS) is 12.5. The Bertz CT molecular complexity index is 1000. The van der Waals surface area contributed by atoms with Gasteiger partial charge in [-0.3, -0.25) is 0 Å². The van der Waals surface area contributed by atoms with E-state index in [1.807, 2.05) is 41.1 Å². The predicted octanol–water partition coefficient (Wildman–Crippen LogP) is 4.29. The van der Waals surface area contributed by atoms with Crippen LogP contribution in [0.4, 0.5) is 0 Å². The zero-order valence-corrected chi connectivity index (χ0v) is 16.1. The second-order valence-corrected chi connectivity index (χ2v) is 8.39. The van der Waals surface area contributed by atoms with E-state index in [1.165, 1.54) is 11.3 Å². The molecule has 0 fully saturated rings. The second kappa shape index (κ2) is 7.04. The van der Waals surface area contributed by atoms with Gasteiger partial charge in [-0.25, -0.2) is 0 Å². The minimum atomic E-state index is -3.71. The van der Waals surface area contributed by atoms with Gasteiger partial charge in [0.15, 0.2) is 0 Å². The molecule has 124 valence electrons. The van der Waals surface area contributed by atoms with Gasteiger partial charge in [-0.15, -0.1) is 15.7 Å². The third kappa shape index (κ3) is 3.53. The van der Waals surface area contributed by atoms with E-state index < -0.39 is 10.0 Å². The number of sulfonamides is 1. The van der Waals surface area contributed by atoms with Crippen molar-refractivity contribution in [3.63, 3.8) is 0 Å². The summed E-state index contributed by atoms with van der Waals surface area (Å²) in [5, 5.41) is 1.94. The molecule has 7 heteroatoms. The fourth-order valence-electron chi connectivity index (χ4n) is 2.31. The van der Waals surface area contributed by atoms with Crippen molar-refractivity contribution in [3.05, 3.63) is 69.3 Å². The summed E-state index contributed by atoms with van der Waals surface area (Å²) in [6.45, 7) is 2.61. The second-order valence-electron chi connectivity index (χ2n) is 5.03. The zero-order chi connectivity index (χ0) is 17.2. The van der Waals surface area contributed by atoms with Crippen LogP contribution in [0.5, 0.6) is 0 Å². The van der Waals surface area contributed by atoms with E-state index in [9.17, 15) is 8.42 Å². The summed E-state index contributed by atoms with van der Waals surface area (Å²) in [6.07, 6.45) is 0. The van der Waals surface area contributed by atoms with Crippen molar-refractivity contribution in [3.8, 4) is 11.3 Å². The van der Waals surface area contributed by atoms with Crippen molar-refractivity contribution in [1.82, 2.24) is 4.57 Å². The molecule has 0 spiro atoms. The first-order chi connectivity index (χ1) is 11.5. The molecule has 0 atom stereocenters. The van der Waals surface area contributed by atoms with Crippen LogP contribution in [0.15, 0.2) is 73.7 Å². The highest BCUT2D eigenvalue weighted by atomic mass is 79.9. The summed E-state index contributed by atoms with van der Waals surface area (Å²) in [7, 11) is -3.71. The van der Waals surface area contributed by atoms with Crippen LogP contribution in [0, 0.1) is 0 Å². The Morgan fingerprint density at radius 2 is 1.75 bits per heavy atom. The highest BCUT2D eigenvalue weighted by Crippen LogP contribution is 2.22. The SMILES string of the molecule is CCn1c(-c2ccc(Br)cc2)cs/c1=N/S(=O)(=O)c1ccccc1. The summed E-state index contributed by atoms with van der Waals surface area (Å²) in [4.78, 5) is 0.672. The van der Waals surface area contributed by atoms with Gasteiger partial charge in [0.1, 0.15) is 0 Å². The van der Waals surface area contributed by atoms with E-state index in [4.69, 9.17) is 0 Å². The summed E-state index contributed by atoms with van der Waals surface area (Å²) >= 11 is 4.75. The monoisotopic (exact) mass is 422 g/mol. The van der Waals surface area contributed by atoms with E-state index >= 15 is 0 Å². The fourth-order valence-corrected chi connectivity index (χ4v) is 4.78. The van der Waals surface area contributed by atoms with Crippen LogP contribution in [0.3, 0.4) is 0 Å². The van der Waals surface area contributed by atoms with Crippen molar-refractivity contribution >= 4 is 37.3 Å². The molecule has 0 amide bonds. The first-order valence-electron chi connectivity index (χ1n) is 7.31. The smallest absolute Gasteiger partial charge is 0.285 e. The molecule has 0 saturated heterocycles. The number of hydrogen-bond acceptors (Lipinski definition) is 3. The van der Waals surface area contributed by atoms with Crippen LogP contribution in [0.25, 0.3) is 11.3 Å². The minimum absolute atomic E-state index is 0.200. The highest BCUT2D eigenvalue weighted by Gasteiger charge is 2.14. The Balaban J connectivity index is 2.11. The molecular formula is C17H15BrN2O2S2. The summed E-state index contributed by atoms with van der Waals surface area (Å²) in [6, 6.07) is 16.2. The number of aromatic nitrogens is 1. The molecule has 0 aliphatic rings. The number of halogens is 1. The van der Waals surface area contributed by atoms with Gasteiger partial charge >= 0.3 is 0 Å². The van der Waals surface area contributed by atoms with E-state index in [1.54, 1.807) is 30.3 Å². The first kappa shape index (κ1) is 17.1. The lowest BCUT2D eigenvalue weighted by atomic mass is 10.2. The molecule has 0 radical (unpaired) electrons. The van der Waals surface area contributed by atoms with Crippen LogP contribution < -0.4 is 4.80 Å². The molecule has 3 aromatic rings. The van der Waals surface area contributed by atoms with Gasteiger partial charge in [0.05, 0.1) is 10.6 Å². The molecule has 4 nitrogen and oxygen atoms in total. The van der Waals surface area contributed by atoms with E-state index in [0.717, 1.165) is 15.7 Å². The van der Waals surface area contributed by atoms with Gasteiger partial charge in [0, 0.05) is 16.4 Å². The lowest BCUT2D eigenvalue weighted by Gasteiger charge is -2.06. The maximum absolute atomic E-state index is 12.5. The van der Waals surface area contributed by atoms with Gasteiger partial charge < -0.3 is 4.57 Å². The molecule has 0 saturated carbocycles. The van der Waals surface area contributed by atoms with Crippen LogP contribution >= 0.6 is 27.3 Å². The highest BCUT2D eigenvalue weighted by molar-refractivity contribution is 9.10. The molecule has 1 aromatic heterocycles. The van der Waals surface area contributed by atoms with Gasteiger partial charge in [-0.05, 0) is 36.8 Å².